The number of fused-ring (bicyclic) bond motifs is 9. The molecule has 3 heteroatoms. The Morgan fingerprint density at radius 3 is 1.63 bits per heavy atom. The van der Waals surface area contributed by atoms with E-state index < -0.39 is 0 Å². The zero-order valence-electron chi connectivity index (χ0n) is 26.5. The third-order valence-corrected chi connectivity index (χ3v) is 10.3. The molecular formula is C46H28N2O. The van der Waals surface area contributed by atoms with Crippen LogP contribution in [0.15, 0.2) is 170 Å². The lowest BCUT2D eigenvalue weighted by atomic mass is 9.90. The Kier molecular flexibility index (Phi) is 5.38. The monoisotopic (exact) mass is 624 g/mol. The molecule has 0 fully saturated rings. The SMILES string of the molecule is c1ccc(-n2c3ccccc3c3c(-c4ccc5c(c4)Oc4cc6c(c7cccc-5c47)c4ccccc4n6-c4ccccc4)cccc32)cc1. The van der Waals surface area contributed by atoms with E-state index in [1.807, 2.05) is 0 Å². The Bertz CT molecular complexity index is 2950. The molecule has 3 nitrogen and oxygen atoms in total. The van der Waals surface area contributed by atoms with Gasteiger partial charge in [0, 0.05) is 49.9 Å². The summed E-state index contributed by atoms with van der Waals surface area (Å²) in [6.07, 6.45) is 0. The average molecular weight is 625 g/mol. The van der Waals surface area contributed by atoms with Gasteiger partial charge in [-0.15, -0.1) is 0 Å². The molecule has 0 bridgehead atoms. The molecule has 0 aliphatic carbocycles. The Morgan fingerprint density at radius 1 is 0.327 bits per heavy atom. The van der Waals surface area contributed by atoms with Gasteiger partial charge in [-0.3, -0.25) is 0 Å². The fourth-order valence-corrected chi connectivity index (χ4v) is 8.29. The van der Waals surface area contributed by atoms with Crippen LogP contribution in [0.25, 0.3) is 88.0 Å². The van der Waals surface area contributed by atoms with Gasteiger partial charge in [0.15, 0.2) is 0 Å². The first kappa shape index (κ1) is 26.5. The molecular weight excluding hydrogens is 597 g/mol. The summed E-state index contributed by atoms with van der Waals surface area (Å²) in [6, 6.07) is 61.0. The highest BCUT2D eigenvalue weighted by molar-refractivity contribution is 6.25. The van der Waals surface area contributed by atoms with Crippen LogP contribution in [0, 0.1) is 0 Å². The molecule has 0 saturated heterocycles. The molecule has 0 amide bonds. The molecule has 0 saturated carbocycles. The quantitative estimate of drug-likeness (QED) is 0.191. The number of para-hydroxylation sites is 4. The number of ether oxygens (including phenoxy) is 1. The smallest absolute Gasteiger partial charge is 0.138 e. The van der Waals surface area contributed by atoms with Crippen molar-refractivity contribution in [2.75, 3.05) is 0 Å². The zero-order valence-corrected chi connectivity index (χ0v) is 26.5. The van der Waals surface area contributed by atoms with Gasteiger partial charge in [0.05, 0.1) is 22.1 Å². The number of benzene rings is 8. The summed E-state index contributed by atoms with van der Waals surface area (Å²) in [5.74, 6) is 1.77. The molecule has 0 radical (unpaired) electrons. The Hall–Kier alpha value is -6.58. The van der Waals surface area contributed by atoms with E-state index >= 15 is 0 Å². The summed E-state index contributed by atoms with van der Waals surface area (Å²) < 4.78 is 11.7. The van der Waals surface area contributed by atoms with Crippen LogP contribution in [0.5, 0.6) is 11.5 Å². The minimum absolute atomic E-state index is 0.878. The number of nitrogens with zero attached hydrogens (tertiary/aromatic N) is 2. The molecule has 2 aromatic heterocycles. The lowest BCUT2D eigenvalue weighted by Gasteiger charge is -2.23. The second kappa shape index (κ2) is 9.96. The van der Waals surface area contributed by atoms with Gasteiger partial charge in [-0.2, -0.15) is 0 Å². The predicted molar refractivity (Wildman–Crippen MR) is 204 cm³/mol. The van der Waals surface area contributed by atoms with Crippen LogP contribution < -0.4 is 4.74 Å². The standard InChI is InChI=1S/C46H28N2O/c1-3-13-30(14-4-1)47-38-22-9-7-17-35(38)44-32(19-12-24-40(44)47)29-25-26-33-34-20-11-21-37-45-36-18-8-10-23-39(36)48(31-15-5-2-6-16-31)41(45)28-43(46(34)37)49-42(33)27-29/h1-28H. The number of hydrogen-bond acceptors (Lipinski definition) is 1. The first-order valence-electron chi connectivity index (χ1n) is 16.8. The molecule has 49 heavy (non-hydrogen) atoms. The maximum atomic E-state index is 6.96. The van der Waals surface area contributed by atoms with Crippen LogP contribution in [0.1, 0.15) is 0 Å². The van der Waals surface area contributed by atoms with Crippen molar-refractivity contribution in [1.29, 1.82) is 0 Å². The van der Waals surface area contributed by atoms with E-state index in [-0.39, 0.29) is 0 Å². The predicted octanol–water partition coefficient (Wildman–Crippen LogP) is 12.5. The van der Waals surface area contributed by atoms with E-state index in [9.17, 15) is 0 Å². The Morgan fingerprint density at radius 2 is 0.898 bits per heavy atom. The minimum Gasteiger partial charge on any atom is -0.456 e. The molecule has 10 aromatic rings. The van der Waals surface area contributed by atoms with Gasteiger partial charge >= 0.3 is 0 Å². The first-order chi connectivity index (χ1) is 24.3. The second-order valence-corrected chi connectivity index (χ2v) is 12.9. The summed E-state index contributed by atoms with van der Waals surface area (Å²) in [4.78, 5) is 0. The maximum Gasteiger partial charge on any atom is 0.138 e. The molecule has 11 rings (SSSR count). The van der Waals surface area contributed by atoms with Gasteiger partial charge in [-0.1, -0.05) is 109 Å². The number of rotatable bonds is 3. The van der Waals surface area contributed by atoms with Crippen molar-refractivity contribution in [3.05, 3.63) is 170 Å². The third-order valence-electron chi connectivity index (χ3n) is 10.3. The van der Waals surface area contributed by atoms with Gasteiger partial charge in [0.2, 0.25) is 0 Å². The van der Waals surface area contributed by atoms with E-state index in [1.54, 1.807) is 0 Å². The van der Waals surface area contributed by atoms with Crippen molar-refractivity contribution in [2.24, 2.45) is 0 Å². The van der Waals surface area contributed by atoms with Crippen LogP contribution in [-0.4, -0.2) is 9.13 Å². The van der Waals surface area contributed by atoms with E-state index in [0.29, 0.717) is 0 Å². The molecule has 0 atom stereocenters. The van der Waals surface area contributed by atoms with Crippen LogP contribution in [0.4, 0.5) is 0 Å². The zero-order chi connectivity index (χ0) is 32.1. The van der Waals surface area contributed by atoms with E-state index in [4.69, 9.17) is 4.74 Å². The van der Waals surface area contributed by atoms with Gasteiger partial charge < -0.3 is 13.9 Å². The summed E-state index contributed by atoms with van der Waals surface area (Å²) in [6.45, 7) is 0. The fraction of sp³-hybridized carbons (Fsp3) is 0. The average Bonchev–Trinajstić information content (AvgIpc) is 3.68. The summed E-state index contributed by atoms with van der Waals surface area (Å²) >= 11 is 0. The fourth-order valence-electron chi connectivity index (χ4n) is 8.29. The van der Waals surface area contributed by atoms with Crippen molar-refractivity contribution in [3.8, 4) is 45.1 Å². The first-order valence-corrected chi connectivity index (χ1v) is 16.8. The molecule has 0 spiro atoms. The lowest BCUT2D eigenvalue weighted by Crippen LogP contribution is -1.99. The maximum absolute atomic E-state index is 6.96. The third kappa shape index (κ3) is 3.67. The summed E-state index contributed by atoms with van der Waals surface area (Å²) in [5.41, 5.74) is 11.7. The second-order valence-electron chi connectivity index (χ2n) is 12.9. The molecule has 1 aliphatic heterocycles. The van der Waals surface area contributed by atoms with Crippen molar-refractivity contribution in [2.45, 2.75) is 0 Å². The minimum atomic E-state index is 0.878. The lowest BCUT2D eigenvalue weighted by molar-refractivity contribution is 0.488. The number of hydrogen-bond donors (Lipinski definition) is 0. The molecule has 228 valence electrons. The topological polar surface area (TPSA) is 19.1 Å². The van der Waals surface area contributed by atoms with Crippen molar-refractivity contribution >= 4 is 54.4 Å². The van der Waals surface area contributed by atoms with Crippen molar-refractivity contribution < 1.29 is 4.74 Å². The highest BCUT2D eigenvalue weighted by Gasteiger charge is 2.25. The highest BCUT2D eigenvalue weighted by Crippen LogP contribution is 2.51. The van der Waals surface area contributed by atoms with Crippen LogP contribution >= 0.6 is 0 Å². The molecule has 3 heterocycles. The van der Waals surface area contributed by atoms with E-state index in [2.05, 4.69) is 179 Å². The Balaban J connectivity index is 1.15. The van der Waals surface area contributed by atoms with Crippen molar-refractivity contribution in [1.82, 2.24) is 9.13 Å². The van der Waals surface area contributed by atoms with Gasteiger partial charge in [-0.25, -0.2) is 0 Å². The largest absolute Gasteiger partial charge is 0.456 e. The van der Waals surface area contributed by atoms with E-state index in [0.717, 1.165) is 39.5 Å². The Labute approximate surface area is 282 Å². The van der Waals surface area contributed by atoms with Crippen molar-refractivity contribution in [3.63, 3.8) is 0 Å². The van der Waals surface area contributed by atoms with Gasteiger partial charge in [0.25, 0.3) is 0 Å². The molecule has 0 N–H and O–H groups in total. The number of aromatic nitrogens is 2. The van der Waals surface area contributed by atoms with Gasteiger partial charge in [-0.05, 0) is 76.7 Å². The van der Waals surface area contributed by atoms with Gasteiger partial charge in [0.1, 0.15) is 11.5 Å². The highest BCUT2D eigenvalue weighted by atomic mass is 16.5. The molecule has 0 unspecified atom stereocenters. The van der Waals surface area contributed by atoms with E-state index in [1.165, 1.54) is 60.0 Å². The van der Waals surface area contributed by atoms with Crippen LogP contribution in [-0.2, 0) is 0 Å². The molecule has 1 aliphatic rings. The summed E-state index contributed by atoms with van der Waals surface area (Å²) in [5, 5.41) is 7.36. The summed E-state index contributed by atoms with van der Waals surface area (Å²) in [7, 11) is 0. The molecule has 8 aromatic carbocycles. The van der Waals surface area contributed by atoms with Crippen LogP contribution in [0.3, 0.4) is 0 Å². The van der Waals surface area contributed by atoms with Crippen LogP contribution in [0.2, 0.25) is 0 Å². The normalized spacial score (nSPS) is 12.2.